The number of hydrogen-bond donors (Lipinski definition) is 2. The van der Waals surface area contributed by atoms with E-state index in [-0.39, 0.29) is 19.0 Å². The Kier molecular flexibility index (Phi) is 8.72. The van der Waals surface area contributed by atoms with Crippen LogP contribution in [0.5, 0.6) is 11.5 Å². The van der Waals surface area contributed by atoms with Crippen molar-refractivity contribution in [1.82, 2.24) is 5.32 Å². The lowest BCUT2D eigenvalue weighted by molar-refractivity contribution is 0.0407. The molecule has 174 valence electrons. The Labute approximate surface area is 200 Å². The van der Waals surface area contributed by atoms with Crippen molar-refractivity contribution in [3.05, 3.63) is 83.4 Å². The van der Waals surface area contributed by atoms with E-state index in [1.165, 1.54) is 0 Å². The van der Waals surface area contributed by atoms with Crippen LogP contribution in [-0.4, -0.2) is 50.8 Å². The first-order valence-electron chi connectivity index (χ1n) is 10.7. The summed E-state index contributed by atoms with van der Waals surface area (Å²) in [6.45, 7) is 1.27. The van der Waals surface area contributed by atoms with Gasteiger partial charge in [0.15, 0.2) is 11.5 Å². The number of halogens is 1. The Morgan fingerprint density at radius 1 is 0.848 bits per heavy atom. The molecule has 33 heavy (non-hydrogen) atoms. The van der Waals surface area contributed by atoms with Crippen LogP contribution in [0.2, 0.25) is 0 Å². The van der Waals surface area contributed by atoms with Crippen LogP contribution in [0.1, 0.15) is 16.7 Å². The molecule has 0 radical (unpaired) electrons. The zero-order chi connectivity index (χ0) is 22.3. The number of oxime groups is 1. The molecule has 3 aromatic carbocycles. The van der Waals surface area contributed by atoms with Crippen LogP contribution >= 0.6 is 12.4 Å². The summed E-state index contributed by atoms with van der Waals surface area (Å²) in [7, 11) is 3.25. The number of methoxy groups -OCH3 is 2. The molecule has 1 atom stereocenters. The van der Waals surface area contributed by atoms with Crippen LogP contribution in [0.25, 0.3) is 11.1 Å². The molecule has 0 spiro atoms. The van der Waals surface area contributed by atoms with Gasteiger partial charge in [-0.25, -0.2) is 0 Å². The van der Waals surface area contributed by atoms with Crippen molar-refractivity contribution in [2.75, 3.05) is 33.9 Å². The molecule has 1 unspecified atom stereocenters. The molecule has 3 aromatic rings. The molecule has 0 aromatic heterocycles. The highest BCUT2D eigenvalue weighted by Gasteiger charge is 2.24. The standard InChI is InChI=1S/C26H28N2O4.ClH/c1-30-24-12-11-18(15-25(24)31-2)13-14-27-16-19(29)17-32-28-26-22-9-5-3-7-20(22)21-8-4-6-10-23(21)26;/h3-12,15,19,27,29H,13-14,16-17H2,1-2H3;1H. The summed E-state index contributed by atoms with van der Waals surface area (Å²) < 4.78 is 10.6. The predicted octanol–water partition coefficient (Wildman–Crippen LogP) is 4.07. The van der Waals surface area contributed by atoms with Crippen molar-refractivity contribution in [2.24, 2.45) is 5.16 Å². The number of rotatable bonds is 10. The maximum absolute atomic E-state index is 10.3. The average Bonchev–Trinajstić information content (AvgIpc) is 3.15. The van der Waals surface area contributed by atoms with Crippen LogP contribution in [-0.2, 0) is 11.3 Å². The van der Waals surface area contributed by atoms with E-state index in [4.69, 9.17) is 14.3 Å². The van der Waals surface area contributed by atoms with Crippen LogP contribution in [0.3, 0.4) is 0 Å². The first-order chi connectivity index (χ1) is 15.7. The number of benzene rings is 3. The maximum atomic E-state index is 10.3. The van der Waals surface area contributed by atoms with Gasteiger partial charge in [-0.15, -0.1) is 12.4 Å². The Bertz CT molecular complexity index is 1060. The predicted molar refractivity (Wildman–Crippen MR) is 133 cm³/mol. The van der Waals surface area contributed by atoms with Crippen molar-refractivity contribution in [2.45, 2.75) is 12.5 Å². The van der Waals surface area contributed by atoms with Gasteiger partial charge in [-0.1, -0.05) is 59.8 Å². The molecule has 0 amide bonds. The van der Waals surface area contributed by atoms with Crippen molar-refractivity contribution in [1.29, 1.82) is 0 Å². The molecule has 0 bridgehead atoms. The minimum absolute atomic E-state index is 0. The number of aliphatic hydroxyl groups is 1. The van der Waals surface area contributed by atoms with E-state index in [2.05, 4.69) is 22.6 Å². The first-order valence-corrected chi connectivity index (χ1v) is 10.7. The third kappa shape index (κ3) is 5.66. The molecule has 0 saturated carbocycles. The van der Waals surface area contributed by atoms with Crippen LogP contribution in [0.15, 0.2) is 71.9 Å². The van der Waals surface area contributed by atoms with Gasteiger partial charge in [0.25, 0.3) is 0 Å². The summed E-state index contributed by atoms with van der Waals surface area (Å²) in [4.78, 5) is 5.53. The smallest absolute Gasteiger partial charge is 0.160 e. The number of hydrogen-bond acceptors (Lipinski definition) is 6. The van der Waals surface area contributed by atoms with Gasteiger partial charge >= 0.3 is 0 Å². The molecule has 0 heterocycles. The van der Waals surface area contributed by atoms with E-state index < -0.39 is 6.10 Å². The molecule has 0 saturated heterocycles. The van der Waals surface area contributed by atoms with Gasteiger partial charge < -0.3 is 24.7 Å². The number of fused-ring (bicyclic) bond motifs is 3. The van der Waals surface area contributed by atoms with E-state index in [0.717, 1.165) is 46.5 Å². The van der Waals surface area contributed by atoms with Crippen molar-refractivity contribution in [3.63, 3.8) is 0 Å². The topological polar surface area (TPSA) is 72.3 Å². The van der Waals surface area contributed by atoms with Crippen LogP contribution in [0, 0.1) is 0 Å². The minimum Gasteiger partial charge on any atom is -0.493 e. The lowest BCUT2D eigenvalue weighted by atomic mass is 10.1. The zero-order valence-electron chi connectivity index (χ0n) is 18.8. The van der Waals surface area contributed by atoms with E-state index in [0.29, 0.717) is 18.0 Å². The SMILES string of the molecule is COc1ccc(CCNCC(O)CON=C2c3ccccc3-c3ccccc32)cc1OC.Cl. The summed E-state index contributed by atoms with van der Waals surface area (Å²) in [6, 6.07) is 22.2. The first kappa shape index (κ1) is 24.6. The average molecular weight is 469 g/mol. The largest absolute Gasteiger partial charge is 0.493 e. The highest BCUT2D eigenvalue weighted by atomic mass is 35.5. The molecular weight excluding hydrogens is 440 g/mol. The highest BCUT2D eigenvalue weighted by Crippen LogP contribution is 2.36. The Morgan fingerprint density at radius 3 is 2.06 bits per heavy atom. The molecule has 2 N–H and O–H groups in total. The van der Waals surface area contributed by atoms with Gasteiger partial charge in [0.05, 0.1) is 14.2 Å². The fourth-order valence-corrected chi connectivity index (χ4v) is 3.88. The zero-order valence-corrected chi connectivity index (χ0v) is 19.6. The van der Waals surface area contributed by atoms with Gasteiger partial charge in [-0.3, -0.25) is 0 Å². The molecule has 1 aliphatic carbocycles. The molecule has 4 rings (SSSR count). The normalized spacial score (nSPS) is 12.3. The van der Waals surface area contributed by atoms with E-state index in [1.807, 2.05) is 54.6 Å². The number of ether oxygens (including phenoxy) is 2. The van der Waals surface area contributed by atoms with Crippen molar-refractivity contribution < 1.29 is 19.4 Å². The summed E-state index contributed by atoms with van der Waals surface area (Å²) in [5.74, 6) is 1.43. The molecule has 7 heteroatoms. The Balaban J connectivity index is 0.00000306. The van der Waals surface area contributed by atoms with E-state index in [9.17, 15) is 5.11 Å². The van der Waals surface area contributed by atoms with Crippen LogP contribution < -0.4 is 14.8 Å². The Morgan fingerprint density at radius 2 is 1.45 bits per heavy atom. The van der Waals surface area contributed by atoms with Crippen molar-refractivity contribution >= 4 is 18.1 Å². The second-order valence-electron chi connectivity index (χ2n) is 7.62. The van der Waals surface area contributed by atoms with Gasteiger partial charge in [0.2, 0.25) is 0 Å². The Hall–Kier alpha value is -3.06. The molecule has 0 aliphatic heterocycles. The van der Waals surface area contributed by atoms with Gasteiger partial charge in [0.1, 0.15) is 18.4 Å². The van der Waals surface area contributed by atoms with Crippen LogP contribution in [0.4, 0.5) is 0 Å². The third-order valence-corrected chi connectivity index (χ3v) is 5.50. The maximum Gasteiger partial charge on any atom is 0.160 e. The van der Waals surface area contributed by atoms with Gasteiger partial charge in [-0.2, -0.15) is 0 Å². The molecule has 6 nitrogen and oxygen atoms in total. The second-order valence-corrected chi connectivity index (χ2v) is 7.62. The number of aliphatic hydroxyl groups excluding tert-OH is 1. The highest BCUT2D eigenvalue weighted by molar-refractivity contribution is 6.24. The van der Waals surface area contributed by atoms with Gasteiger partial charge in [0, 0.05) is 17.7 Å². The molecule has 0 fully saturated rings. The van der Waals surface area contributed by atoms with E-state index >= 15 is 0 Å². The third-order valence-electron chi connectivity index (χ3n) is 5.50. The molecular formula is C26H29ClN2O4. The summed E-state index contributed by atoms with van der Waals surface area (Å²) >= 11 is 0. The summed E-state index contributed by atoms with van der Waals surface area (Å²) in [5.41, 5.74) is 6.36. The number of nitrogens with one attached hydrogen (secondary N) is 1. The van der Waals surface area contributed by atoms with Crippen molar-refractivity contribution in [3.8, 4) is 22.6 Å². The van der Waals surface area contributed by atoms with E-state index in [1.54, 1.807) is 14.2 Å². The fraction of sp³-hybridized carbons (Fsp3) is 0.269. The fourth-order valence-electron chi connectivity index (χ4n) is 3.88. The summed E-state index contributed by atoms with van der Waals surface area (Å²) in [5, 5.41) is 17.9. The lowest BCUT2D eigenvalue weighted by Crippen LogP contribution is -2.31. The molecule has 1 aliphatic rings. The number of nitrogens with zero attached hydrogens (tertiary/aromatic N) is 1. The summed E-state index contributed by atoms with van der Waals surface area (Å²) in [6.07, 6.45) is 0.153. The van der Waals surface area contributed by atoms with Gasteiger partial charge in [-0.05, 0) is 41.8 Å². The lowest BCUT2D eigenvalue weighted by Gasteiger charge is -2.12. The minimum atomic E-state index is -0.656. The monoisotopic (exact) mass is 468 g/mol. The quantitative estimate of drug-likeness (QED) is 0.271. The second kappa shape index (κ2) is 11.7.